The Kier molecular flexibility index (Phi) is 7.94. The van der Waals surface area contributed by atoms with Crippen LogP contribution in [0.4, 0.5) is 17.1 Å². The van der Waals surface area contributed by atoms with Crippen molar-refractivity contribution in [3.8, 4) is 22.6 Å². The molecule has 0 aliphatic rings. The van der Waals surface area contributed by atoms with Crippen LogP contribution in [0, 0.1) is 39.8 Å². The van der Waals surface area contributed by atoms with Crippen LogP contribution in [0.15, 0.2) is 140 Å². The van der Waals surface area contributed by atoms with Gasteiger partial charge in [-0.1, -0.05) is 77.6 Å². The average molecular weight is 871 g/mol. The van der Waals surface area contributed by atoms with E-state index < -0.39 is 6.98 Å². The molecule has 0 radical (unpaired) electrons. The molecule has 9 aromatic rings. The minimum absolute atomic E-state index is 0. The van der Waals surface area contributed by atoms with Gasteiger partial charge < -0.3 is 9.47 Å². The number of aryl methyl sites for hydroxylation is 5. The molecule has 0 aliphatic heterocycles. The van der Waals surface area contributed by atoms with Gasteiger partial charge >= 0.3 is 0 Å². The van der Waals surface area contributed by atoms with Gasteiger partial charge in [-0.3, -0.25) is 0 Å². The van der Waals surface area contributed by atoms with E-state index in [9.17, 15) is 0 Å². The third kappa shape index (κ3) is 5.77. The Morgan fingerprint density at radius 3 is 2.06 bits per heavy atom. The SMILES string of the molecule is [2H]C([2H])([2H])n1[cH+]n(-c2[c-]c(N(c3[c-]c4c(cc3)c3ccccc3n4-c3cc(-c4c(C)cccc4C)ccn3)c3c(C)cccc3C)ccc2)c2ccccc21.[Pt]. The zero-order valence-electron chi connectivity index (χ0n) is 32.8. The number of fused-ring (bicyclic) bond motifs is 4. The maximum Gasteiger partial charge on any atom is 0.188 e. The fourth-order valence-electron chi connectivity index (χ4n) is 7.76. The molecule has 0 N–H and O–H groups in total. The Morgan fingerprint density at radius 2 is 1.30 bits per heavy atom. The second-order valence-corrected chi connectivity index (χ2v) is 13.5. The van der Waals surface area contributed by atoms with Crippen molar-refractivity contribution in [1.29, 1.82) is 0 Å². The number of para-hydroxylation sites is 4. The number of nitrogens with zero attached hydrogens (tertiary/aromatic N) is 5. The summed E-state index contributed by atoms with van der Waals surface area (Å²) >= 11 is 0. The number of hydrogen-bond donors (Lipinski definition) is 0. The molecule has 0 amide bonds. The summed E-state index contributed by atoms with van der Waals surface area (Å²) in [5, 5.41) is 2.19. The van der Waals surface area contributed by atoms with Crippen LogP contribution < -0.4 is 4.90 Å². The molecule has 5 nitrogen and oxygen atoms in total. The van der Waals surface area contributed by atoms with Crippen LogP contribution in [-0.4, -0.2) is 18.7 Å². The summed E-state index contributed by atoms with van der Waals surface area (Å²) in [6, 6.07) is 50.8. The second kappa shape index (κ2) is 13.7. The minimum Gasteiger partial charge on any atom is -0.357 e. The van der Waals surface area contributed by atoms with Gasteiger partial charge in [-0.2, -0.15) is 12.1 Å². The molecule has 0 saturated carbocycles. The number of aromatic nitrogens is 4. The second-order valence-electron chi connectivity index (χ2n) is 13.5. The summed E-state index contributed by atoms with van der Waals surface area (Å²) < 4.78 is 30.1. The van der Waals surface area contributed by atoms with E-state index in [1.165, 1.54) is 21.3 Å². The van der Waals surface area contributed by atoms with Gasteiger partial charge in [0.1, 0.15) is 5.82 Å². The van der Waals surface area contributed by atoms with Gasteiger partial charge in [-0.15, -0.1) is 29.7 Å². The largest absolute Gasteiger partial charge is 0.357 e. The van der Waals surface area contributed by atoms with Gasteiger partial charge in [0.25, 0.3) is 0 Å². The molecule has 0 atom stereocenters. The molecule has 0 unspecified atom stereocenters. The summed E-state index contributed by atoms with van der Waals surface area (Å²) in [6.07, 6.45) is 3.54. The maximum absolute atomic E-state index is 8.23. The number of imidazole rings is 1. The third-order valence-corrected chi connectivity index (χ3v) is 10.1. The minimum atomic E-state index is -2.34. The van der Waals surface area contributed by atoms with Crippen LogP contribution in [0.2, 0.25) is 0 Å². The van der Waals surface area contributed by atoms with E-state index in [-0.39, 0.29) is 21.1 Å². The standard InChI is InChI=1S/C47H38N5.Pt/c1-31-13-10-14-32(2)46(31)35-25-26-48-45(27-35)52-41-20-7-6-19-39(41)40-24-23-38(29-44(40)52)51(47-33(3)15-11-16-34(47)4)37-18-12-17-36(28-37)50-30-49(5)42-21-8-9-22-43(42)50;/h6-27,30H,1-5H3;/q-1;/i5D3;. The molecule has 262 valence electrons. The van der Waals surface area contributed by atoms with Crippen molar-refractivity contribution >= 4 is 49.9 Å². The molecule has 0 spiro atoms. The first-order chi connectivity index (χ1) is 26.6. The van der Waals surface area contributed by atoms with Crippen molar-refractivity contribution in [2.75, 3.05) is 4.90 Å². The quantitative estimate of drug-likeness (QED) is 0.156. The summed E-state index contributed by atoms with van der Waals surface area (Å²) in [7, 11) is 0. The molecule has 0 aliphatic carbocycles. The van der Waals surface area contributed by atoms with Crippen LogP contribution in [0.3, 0.4) is 0 Å². The Bertz CT molecular complexity index is 2900. The fourth-order valence-corrected chi connectivity index (χ4v) is 7.76. The van der Waals surface area contributed by atoms with Gasteiger partial charge in [-0.25, -0.2) is 14.1 Å². The normalized spacial score (nSPS) is 12.4. The zero-order chi connectivity index (χ0) is 38.0. The third-order valence-electron chi connectivity index (χ3n) is 10.1. The van der Waals surface area contributed by atoms with Crippen LogP contribution in [0.5, 0.6) is 0 Å². The molecule has 3 aromatic heterocycles. The van der Waals surface area contributed by atoms with Crippen LogP contribution in [-0.2, 0) is 28.0 Å². The Balaban J connectivity index is 0.00000441. The number of anilines is 3. The number of rotatable bonds is 6. The molecule has 6 heteroatoms. The fraction of sp³-hybridized carbons (Fsp3) is 0.106. The van der Waals surface area contributed by atoms with Gasteiger partial charge in [-0.05, 0) is 96.8 Å². The van der Waals surface area contributed by atoms with Crippen molar-refractivity contribution < 1.29 is 25.2 Å². The van der Waals surface area contributed by atoms with Gasteiger partial charge in [0.15, 0.2) is 17.4 Å². The van der Waals surface area contributed by atoms with E-state index >= 15 is 0 Å². The van der Waals surface area contributed by atoms with Crippen molar-refractivity contribution in [1.82, 2.24) is 18.7 Å². The van der Waals surface area contributed by atoms with Crippen molar-refractivity contribution in [2.24, 2.45) is 6.98 Å². The predicted molar refractivity (Wildman–Crippen MR) is 216 cm³/mol. The predicted octanol–water partition coefficient (Wildman–Crippen LogP) is 11.7. The molecule has 0 fully saturated rings. The van der Waals surface area contributed by atoms with Gasteiger partial charge in [0.05, 0.1) is 0 Å². The molecule has 6 aromatic carbocycles. The van der Waals surface area contributed by atoms with Crippen molar-refractivity contribution in [3.05, 3.63) is 174 Å². The summed E-state index contributed by atoms with van der Waals surface area (Å²) in [6.45, 7) is 6.21. The van der Waals surface area contributed by atoms with Crippen LogP contribution >= 0.6 is 0 Å². The van der Waals surface area contributed by atoms with Crippen LogP contribution in [0.25, 0.3) is 55.5 Å². The topological polar surface area (TPSA) is 30.9 Å². The molecule has 3 heterocycles. The van der Waals surface area contributed by atoms with E-state index in [4.69, 9.17) is 9.10 Å². The summed E-state index contributed by atoms with van der Waals surface area (Å²) in [5.41, 5.74) is 13.7. The Labute approximate surface area is 328 Å². The number of pyridine rings is 1. The van der Waals surface area contributed by atoms with Gasteiger partial charge in [0.2, 0.25) is 0 Å². The van der Waals surface area contributed by atoms with E-state index in [1.54, 1.807) is 6.33 Å². The Hall–Kier alpha value is -5.77. The van der Waals surface area contributed by atoms with E-state index in [2.05, 4.69) is 134 Å². The van der Waals surface area contributed by atoms with Crippen molar-refractivity contribution in [3.63, 3.8) is 0 Å². The summed E-state index contributed by atoms with van der Waals surface area (Å²) in [5.74, 6) is 0.814. The van der Waals surface area contributed by atoms with Gasteiger partial charge in [0, 0.05) is 67.4 Å². The van der Waals surface area contributed by atoms with Crippen molar-refractivity contribution in [2.45, 2.75) is 27.7 Å². The zero-order valence-corrected chi connectivity index (χ0v) is 32.1. The molecular weight excluding hydrogens is 830 g/mol. The summed E-state index contributed by atoms with van der Waals surface area (Å²) in [4.78, 5) is 7.16. The van der Waals surface area contributed by atoms with E-state index in [0.29, 0.717) is 5.52 Å². The molecule has 9 rings (SSSR count). The molecule has 0 bridgehead atoms. The first-order valence-electron chi connectivity index (χ1n) is 19.0. The number of hydrogen-bond acceptors (Lipinski definition) is 2. The van der Waals surface area contributed by atoms with Crippen LogP contribution in [0.1, 0.15) is 26.4 Å². The molecule has 0 saturated heterocycles. The van der Waals surface area contributed by atoms with E-state index in [1.807, 2.05) is 53.2 Å². The molecular formula is C47H38N5Pt-. The first-order valence-corrected chi connectivity index (χ1v) is 17.5. The molecule has 53 heavy (non-hydrogen) atoms. The smallest absolute Gasteiger partial charge is 0.188 e. The monoisotopic (exact) mass is 870 g/mol. The first kappa shape index (κ1) is 30.8. The number of benzene rings is 6. The average Bonchev–Trinajstić information content (AvgIpc) is 3.73. The Morgan fingerprint density at radius 1 is 0.642 bits per heavy atom. The van der Waals surface area contributed by atoms with E-state index in [0.717, 1.165) is 72.6 Å². The maximum atomic E-state index is 8.23.